The predicted octanol–water partition coefficient (Wildman–Crippen LogP) is 1.42. The summed E-state index contributed by atoms with van der Waals surface area (Å²) in [5.74, 6) is 2.10. The molecule has 1 unspecified atom stereocenters. The Labute approximate surface area is 85.1 Å². The van der Waals surface area contributed by atoms with Gasteiger partial charge in [-0.05, 0) is 19.9 Å². The molecule has 0 bridgehead atoms. The first-order valence-electron chi connectivity index (χ1n) is 5.10. The fourth-order valence-corrected chi connectivity index (χ4v) is 1.18. The van der Waals surface area contributed by atoms with Gasteiger partial charge in [0, 0.05) is 18.9 Å². The van der Waals surface area contributed by atoms with Crippen LogP contribution in [-0.4, -0.2) is 23.2 Å². The number of rotatable bonds is 5. The molecule has 1 N–H and O–H groups in total. The van der Waals surface area contributed by atoms with Crippen LogP contribution in [0.15, 0.2) is 4.52 Å². The van der Waals surface area contributed by atoms with Crippen LogP contribution in [0.25, 0.3) is 0 Å². The van der Waals surface area contributed by atoms with Gasteiger partial charge in [-0.1, -0.05) is 19.0 Å². The molecule has 1 heterocycles. The molecule has 1 aromatic rings. The molecule has 0 aliphatic rings. The highest BCUT2D eigenvalue weighted by atomic mass is 16.5. The van der Waals surface area contributed by atoms with Crippen LogP contribution in [-0.2, 0) is 12.8 Å². The standard InChI is InChI=1S/C10H19N3O/c1-7(2)5-10-12-9(13-14-10)6-8(3)11-4/h7-8,11H,5-6H2,1-4H3. The summed E-state index contributed by atoms with van der Waals surface area (Å²) >= 11 is 0. The molecule has 0 saturated carbocycles. The van der Waals surface area contributed by atoms with E-state index in [9.17, 15) is 0 Å². The average molecular weight is 197 g/mol. The quantitative estimate of drug-likeness (QED) is 0.775. The second kappa shape index (κ2) is 5.10. The van der Waals surface area contributed by atoms with E-state index in [0.717, 1.165) is 24.6 Å². The van der Waals surface area contributed by atoms with Gasteiger partial charge < -0.3 is 9.84 Å². The monoisotopic (exact) mass is 197 g/mol. The van der Waals surface area contributed by atoms with Crippen molar-refractivity contribution in [3.63, 3.8) is 0 Å². The van der Waals surface area contributed by atoms with Gasteiger partial charge in [-0.25, -0.2) is 0 Å². The molecule has 0 aromatic carbocycles. The van der Waals surface area contributed by atoms with Crippen molar-refractivity contribution in [1.82, 2.24) is 15.5 Å². The average Bonchev–Trinajstić information content (AvgIpc) is 2.51. The summed E-state index contributed by atoms with van der Waals surface area (Å²) < 4.78 is 5.13. The Bertz CT molecular complexity index is 270. The summed E-state index contributed by atoms with van der Waals surface area (Å²) in [5.41, 5.74) is 0. The first-order chi connectivity index (χ1) is 6.61. The van der Waals surface area contributed by atoms with Gasteiger partial charge in [0.15, 0.2) is 5.82 Å². The summed E-state index contributed by atoms with van der Waals surface area (Å²) in [5, 5.41) is 7.07. The Kier molecular flexibility index (Phi) is 4.07. The van der Waals surface area contributed by atoms with Gasteiger partial charge in [0.25, 0.3) is 0 Å². The van der Waals surface area contributed by atoms with Gasteiger partial charge in [0.05, 0.1) is 0 Å². The fraction of sp³-hybridized carbons (Fsp3) is 0.800. The van der Waals surface area contributed by atoms with Crippen LogP contribution in [0.4, 0.5) is 0 Å². The molecule has 0 aliphatic carbocycles. The zero-order valence-corrected chi connectivity index (χ0v) is 9.37. The maximum Gasteiger partial charge on any atom is 0.226 e. The Balaban J connectivity index is 2.50. The molecule has 4 nitrogen and oxygen atoms in total. The van der Waals surface area contributed by atoms with Crippen molar-refractivity contribution in [1.29, 1.82) is 0 Å². The molecule has 0 fully saturated rings. The van der Waals surface area contributed by atoms with E-state index in [4.69, 9.17) is 4.52 Å². The van der Waals surface area contributed by atoms with Crippen LogP contribution in [0.2, 0.25) is 0 Å². The molecule has 14 heavy (non-hydrogen) atoms. The minimum absolute atomic E-state index is 0.388. The highest BCUT2D eigenvalue weighted by Crippen LogP contribution is 2.06. The zero-order chi connectivity index (χ0) is 10.6. The lowest BCUT2D eigenvalue weighted by Crippen LogP contribution is -2.24. The van der Waals surface area contributed by atoms with E-state index in [1.807, 2.05) is 7.05 Å². The third-order valence-corrected chi connectivity index (χ3v) is 2.07. The largest absolute Gasteiger partial charge is 0.339 e. The van der Waals surface area contributed by atoms with Gasteiger partial charge >= 0.3 is 0 Å². The van der Waals surface area contributed by atoms with E-state index in [1.165, 1.54) is 0 Å². The van der Waals surface area contributed by atoms with Gasteiger partial charge in [-0.3, -0.25) is 0 Å². The summed E-state index contributed by atoms with van der Waals surface area (Å²) in [7, 11) is 1.93. The second-order valence-electron chi connectivity index (χ2n) is 4.10. The Morgan fingerprint density at radius 1 is 1.29 bits per heavy atom. The normalized spacial score (nSPS) is 13.5. The molecule has 0 amide bonds. The van der Waals surface area contributed by atoms with Crippen molar-refractivity contribution >= 4 is 0 Å². The van der Waals surface area contributed by atoms with Crippen molar-refractivity contribution in [2.75, 3.05) is 7.05 Å². The van der Waals surface area contributed by atoms with E-state index >= 15 is 0 Å². The Morgan fingerprint density at radius 3 is 2.57 bits per heavy atom. The fourth-order valence-electron chi connectivity index (χ4n) is 1.18. The zero-order valence-electron chi connectivity index (χ0n) is 9.37. The van der Waals surface area contributed by atoms with Gasteiger partial charge in [0.2, 0.25) is 5.89 Å². The third-order valence-electron chi connectivity index (χ3n) is 2.07. The van der Waals surface area contributed by atoms with E-state index < -0.39 is 0 Å². The molecular formula is C10H19N3O. The smallest absolute Gasteiger partial charge is 0.226 e. The Hall–Kier alpha value is -0.900. The molecule has 80 valence electrons. The van der Waals surface area contributed by atoms with Crippen LogP contribution in [0, 0.1) is 5.92 Å². The molecule has 1 rings (SSSR count). The van der Waals surface area contributed by atoms with Crippen LogP contribution < -0.4 is 5.32 Å². The van der Waals surface area contributed by atoms with Crippen LogP contribution in [0.3, 0.4) is 0 Å². The van der Waals surface area contributed by atoms with Crippen LogP contribution in [0.5, 0.6) is 0 Å². The molecule has 0 spiro atoms. The lowest BCUT2D eigenvalue weighted by Gasteiger charge is -2.04. The lowest BCUT2D eigenvalue weighted by atomic mass is 10.1. The molecule has 0 aliphatic heterocycles. The number of hydrogen-bond acceptors (Lipinski definition) is 4. The van der Waals surface area contributed by atoms with Crippen molar-refractivity contribution in [2.24, 2.45) is 5.92 Å². The van der Waals surface area contributed by atoms with Crippen molar-refractivity contribution in [3.05, 3.63) is 11.7 Å². The molecule has 0 radical (unpaired) electrons. The maximum atomic E-state index is 5.13. The number of nitrogens with zero attached hydrogens (tertiary/aromatic N) is 2. The van der Waals surface area contributed by atoms with Crippen LogP contribution >= 0.6 is 0 Å². The topological polar surface area (TPSA) is 51.0 Å². The first-order valence-corrected chi connectivity index (χ1v) is 5.10. The summed E-state index contributed by atoms with van der Waals surface area (Å²) in [6.45, 7) is 6.37. The van der Waals surface area contributed by atoms with Gasteiger partial charge in [-0.2, -0.15) is 4.98 Å². The minimum Gasteiger partial charge on any atom is -0.339 e. The lowest BCUT2D eigenvalue weighted by molar-refractivity contribution is 0.357. The number of likely N-dealkylation sites (N-methyl/N-ethyl adjacent to an activating group) is 1. The van der Waals surface area contributed by atoms with E-state index in [2.05, 4.69) is 36.2 Å². The second-order valence-corrected chi connectivity index (χ2v) is 4.10. The summed E-state index contributed by atoms with van der Waals surface area (Å²) in [6.07, 6.45) is 1.68. The molecule has 0 saturated heterocycles. The summed E-state index contributed by atoms with van der Waals surface area (Å²) in [4.78, 5) is 4.32. The van der Waals surface area contributed by atoms with Crippen molar-refractivity contribution < 1.29 is 4.52 Å². The summed E-state index contributed by atoms with van der Waals surface area (Å²) in [6, 6.07) is 0.388. The van der Waals surface area contributed by atoms with Crippen LogP contribution in [0.1, 0.15) is 32.5 Å². The highest BCUT2D eigenvalue weighted by molar-refractivity contribution is 4.89. The van der Waals surface area contributed by atoms with Crippen molar-refractivity contribution in [3.8, 4) is 0 Å². The highest BCUT2D eigenvalue weighted by Gasteiger charge is 2.10. The van der Waals surface area contributed by atoms with Gasteiger partial charge in [-0.15, -0.1) is 0 Å². The Morgan fingerprint density at radius 2 is 2.00 bits per heavy atom. The van der Waals surface area contributed by atoms with Gasteiger partial charge in [0.1, 0.15) is 0 Å². The number of aromatic nitrogens is 2. The number of hydrogen-bond donors (Lipinski definition) is 1. The van der Waals surface area contributed by atoms with E-state index in [-0.39, 0.29) is 0 Å². The van der Waals surface area contributed by atoms with E-state index in [1.54, 1.807) is 0 Å². The molecule has 1 aromatic heterocycles. The maximum absolute atomic E-state index is 5.13. The predicted molar refractivity (Wildman–Crippen MR) is 55.1 cm³/mol. The number of nitrogens with one attached hydrogen (secondary N) is 1. The van der Waals surface area contributed by atoms with E-state index in [0.29, 0.717) is 12.0 Å². The molecule has 4 heteroatoms. The molecular weight excluding hydrogens is 178 g/mol. The SMILES string of the molecule is CNC(C)Cc1noc(CC(C)C)n1. The minimum atomic E-state index is 0.388. The first kappa shape index (κ1) is 11.2. The third kappa shape index (κ3) is 3.46. The van der Waals surface area contributed by atoms with Crippen molar-refractivity contribution in [2.45, 2.75) is 39.7 Å². The molecule has 1 atom stereocenters.